The van der Waals surface area contributed by atoms with E-state index in [-0.39, 0.29) is 0 Å². The maximum absolute atomic E-state index is 12.6. The van der Waals surface area contributed by atoms with E-state index in [4.69, 9.17) is 0 Å². The van der Waals surface area contributed by atoms with Crippen molar-refractivity contribution in [3.8, 4) is 0 Å². The third kappa shape index (κ3) is 4.07. The molecule has 1 atom stereocenters. The number of alkyl halides is 3. The summed E-state index contributed by atoms with van der Waals surface area (Å²) in [4.78, 5) is 25.9. The number of carbonyl (C=O) groups excluding carboxylic acids is 2. The van der Waals surface area contributed by atoms with Gasteiger partial charge in [-0.3, -0.25) is 4.79 Å². The Kier molecular flexibility index (Phi) is 5.01. The molecule has 0 spiro atoms. The van der Waals surface area contributed by atoms with E-state index in [1.54, 1.807) is 12.1 Å². The van der Waals surface area contributed by atoms with Crippen LogP contribution >= 0.6 is 0 Å². The SMILES string of the molecule is O=C(NCC(F)(F)F)C1CCCN1C(=O)Nc1cccc2ccccc12. The van der Waals surface area contributed by atoms with Crippen molar-refractivity contribution in [2.24, 2.45) is 0 Å². The zero-order chi connectivity index (χ0) is 18.7. The molecule has 3 rings (SSSR count). The van der Waals surface area contributed by atoms with Crippen LogP contribution < -0.4 is 10.6 Å². The molecule has 0 aromatic heterocycles. The van der Waals surface area contributed by atoms with Gasteiger partial charge in [-0.05, 0) is 24.3 Å². The summed E-state index contributed by atoms with van der Waals surface area (Å²) in [7, 11) is 0. The van der Waals surface area contributed by atoms with E-state index < -0.39 is 30.7 Å². The number of anilines is 1. The highest BCUT2D eigenvalue weighted by Gasteiger charge is 2.36. The van der Waals surface area contributed by atoms with Crippen LogP contribution in [0.3, 0.4) is 0 Å². The van der Waals surface area contributed by atoms with Crippen LogP contribution in [0, 0.1) is 0 Å². The summed E-state index contributed by atoms with van der Waals surface area (Å²) in [6, 6.07) is 11.6. The fourth-order valence-corrected chi connectivity index (χ4v) is 3.11. The number of nitrogens with one attached hydrogen (secondary N) is 2. The van der Waals surface area contributed by atoms with Crippen LogP contribution in [0.2, 0.25) is 0 Å². The maximum Gasteiger partial charge on any atom is 0.405 e. The zero-order valence-electron chi connectivity index (χ0n) is 13.8. The molecule has 5 nitrogen and oxygen atoms in total. The number of benzene rings is 2. The van der Waals surface area contributed by atoms with Crippen LogP contribution in [-0.4, -0.2) is 42.1 Å². The summed E-state index contributed by atoms with van der Waals surface area (Å²) in [5.41, 5.74) is 0.592. The quantitative estimate of drug-likeness (QED) is 0.874. The number of halogens is 3. The molecule has 0 radical (unpaired) electrons. The van der Waals surface area contributed by atoms with E-state index in [0.717, 1.165) is 10.8 Å². The number of nitrogens with zero attached hydrogens (tertiary/aromatic N) is 1. The first-order valence-corrected chi connectivity index (χ1v) is 8.25. The number of fused-ring (bicyclic) bond motifs is 1. The monoisotopic (exact) mass is 365 g/mol. The van der Waals surface area contributed by atoms with Crippen molar-refractivity contribution >= 4 is 28.4 Å². The zero-order valence-corrected chi connectivity index (χ0v) is 13.8. The second-order valence-corrected chi connectivity index (χ2v) is 6.14. The average molecular weight is 365 g/mol. The predicted octanol–water partition coefficient (Wildman–Crippen LogP) is 3.51. The molecule has 0 bridgehead atoms. The predicted molar refractivity (Wildman–Crippen MR) is 91.8 cm³/mol. The van der Waals surface area contributed by atoms with Gasteiger partial charge in [0.2, 0.25) is 5.91 Å². The van der Waals surface area contributed by atoms with Gasteiger partial charge in [0.15, 0.2) is 0 Å². The summed E-state index contributed by atoms with van der Waals surface area (Å²) in [5, 5.41) is 6.42. The molecule has 1 aliphatic rings. The van der Waals surface area contributed by atoms with Crippen LogP contribution in [0.25, 0.3) is 10.8 Å². The third-order valence-electron chi connectivity index (χ3n) is 4.31. The van der Waals surface area contributed by atoms with E-state index in [2.05, 4.69) is 5.32 Å². The van der Waals surface area contributed by atoms with Gasteiger partial charge >= 0.3 is 12.2 Å². The summed E-state index contributed by atoms with van der Waals surface area (Å²) < 4.78 is 36.9. The number of urea groups is 1. The van der Waals surface area contributed by atoms with Crippen molar-refractivity contribution in [2.75, 3.05) is 18.4 Å². The summed E-state index contributed by atoms with van der Waals surface area (Å²) >= 11 is 0. The number of carbonyl (C=O) groups is 2. The molecule has 1 unspecified atom stereocenters. The van der Waals surface area contributed by atoms with Gasteiger partial charge in [-0.15, -0.1) is 0 Å². The lowest BCUT2D eigenvalue weighted by Gasteiger charge is -2.24. The smallest absolute Gasteiger partial charge is 0.345 e. The highest BCUT2D eigenvalue weighted by Crippen LogP contribution is 2.25. The maximum atomic E-state index is 12.6. The standard InChI is InChI=1S/C18H18F3N3O2/c19-18(20,21)11-22-16(25)15-9-4-10-24(15)17(26)23-14-8-3-6-12-5-1-2-7-13(12)14/h1-3,5-8,15H,4,9-11H2,(H,22,25)(H,23,26). The second kappa shape index (κ2) is 7.23. The van der Waals surface area contributed by atoms with Gasteiger partial charge < -0.3 is 15.5 Å². The van der Waals surface area contributed by atoms with Crippen LogP contribution in [0.5, 0.6) is 0 Å². The first-order chi connectivity index (χ1) is 12.3. The molecule has 1 aliphatic heterocycles. The number of likely N-dealkylation sites (tertiary alicyclic amines) is 1. The Morgan fingerprint density at radius 1 is 1.12 bits per heavy atom. The second-order valence-electron chi connectivity index (χ2n) is 6.14. The molecular weight excluding hydrogens is 347 g/mol. The van der Waals surface area contributed by atoms with E-state index in [0.29, 0.717) is 25.1 Å². The molecule has 26 heavy (non-hydrogen) atoms. The molecule has 1 saturated heterocycles. The topological polar surface area (TPSA) is 61.4 Å². The van der Waals surface area contributed by atoms with Gasteiger partial charge in [-0.25, -0.2) is 4.79 Å². The van der Waals surface area contributed by atoms with Crippen LogP contribution in [0.15, 0.2) is 42.5 Å². The Labute approximate surface area is 148 Å². The molecule has 3 amide bonds. The minimum Gasteiger partial charge on any atom is -0.345 e. The molecule has 2 aromatic rings. The Morgan fingerprint density at radius 2 is 1.85 bits per heavy atom. The van der Waals surface area contributed by atoms with Crippen molar-refractivity contribution < 1.29 is 22.8 Å². The first-order valence-electron chi connectivity index (χ1n) is 8.25. The highest BCUT2D eigenvalue weighted by molar-refractivity contribution is 6.02. The fourth-order valence-electron chi connectivity index (χ4n) is 3.11. The lowest BCUT2D eigenvalue weighted by molar-refractivity contribution is -0.140. The number of amides is 3. The molecule has 8 heteroatoms. The largest absolute Gasteiger partial charge is 0.405 e. The van der Waals surface area contributed by atoms with Crippen molar-refractivity contribution in [1.82, 2.24) is 10.2 Å². The minimum absolute atomic E-state index is 0.320. The molecule has 2 N–H and O–H groups in total. The van der Waals surface area contributed by atoms with Gasteiger partial charge in [-0.2, -0.15) is 13.2 Å². The highest BCUT2D eigenvalue weighted by atomic mass is 19.4. The summed E-state index contributed by atoms with van der Waals surface area (Å²) in [6.07, 6.45) is -3.58. The Morgan fingerprint density at radius 3 is 2.62 bits per heavy atom. The van der Waals surface area contributed by atoms with Crippen molar-refractivity contribution in [1.29, 1.82) is 0 Å². The first kappa shape index (κ1) is 18.0. The van der Waals surface area contributed by atoms with E-state index in [1.807, 2.05) is 35.6 Å². The van der Waals surface area contributed by atoms with Gasteiger partial charge in [0.1, 0.15) is 12.6 Å². The molecule has 1 heterocycles. The third-order valence-corrected chi connectivity index (χ3v) is 4.31. The van der Waals surface area contributed by atoms with Gasteiger partial charge in [0.05, 0.1) is 5.69 Å². The molecular formula is C18H18F3N3O2. The van der Waals surface area contributed by atoms with Crippen molar-refractivity contribution in [3.63, 3.8) is 0 Å². The number of hydrogen-bond donors (Lipinski definition) is 2. The molecule has 0 aliphatic carbocycles. The molecule has 0 saturated carbocycles. The van der Waals surface area contributed by atoms with Crippen molar-refractivity contribution in [2.45, 2.75) is 25.1 Å². The minimum atomic E-state index is -4.48. The normalized spacial score (nSPS) is 17.3. The van der Waals surface area contributed by atoms with E-state index in [9.17, 15) is 22.8 Å². The van der Waals surface area contributed by atoms with E-state index >= 15 is 0 Å². The van der Waals surface area contributed by atoms with Crippen LogP contribution in [0.4, 0.5) is 23.7 Å². The fraction of sp³-hybridized carbons (Fsp3) is 0.333. The summed E-state index contributed by atoms with van der Waals surface area (Å²) in [6.45, 7) is -1.08. The van der Waals surface area contributed by atoms with Gasteiger partial charge in [0, 0.05) is 11.9 Å². The average Bonchev–Trinajstić information content (AvgIpc) is 3.09. The Bertz CT molecular complexity index is 817. The molecule has 1 fully saturated rings. The Hall–Kier alpha value is -2.77. The van der Waals surface area contributed by atoms with Gasteiger partial charge in [-0.1, -0.05) is 36.4 Å². The molecule has 2 aromatic carbocycles. The lowest BCUT2D eigenvalue weighted by Crippen LogP contribution is -2.49. The lowest BCUT2D eigenvalue weighted by atomic mass is 10.1. The number of rotatable bonds is 3. The van der Waals surface area contributed by atoms with Crippen LogP contribution in [-0.2, 0) is 4.79 Å². The van der Waals surface area contributed by atoms with Crippen LogP contribution in [0.1, 0.15) is 12.8 Å². The Balaban J connectivity index is 1.71. The number of hydrogen-bond acceptors (Lipinski definition) is 2. The van der Waals surface area contributed by atoms with Gasteiger partial charge in [0.25, 0.3) is 0 Å². The summed E-state index contributed by atoms with van der Waals surface area (Å²) in [5.74, 6) is -0.784. The van der Waals surface area contributed by atoms with Crippen molar-refractivity contribution in [3.05, 3.63) is 42.5 Å². The van der Waals surface area contributed by atoms with E-state index in [1.165, 1.54) is 4.90 Å². The molecule has 138 valence electrons.